The van der Waals surface area contributed by atoms with Crippen LogP contribution in [0.4, 0.5) is 4.39 Å². The van der Waals surface area contributed by atoms with Crippen molar-refractivity contribution in [3.05, 3.63) is 34.6 Å². The molecule has 0 aliphatic carbocycles. The number of aliphatic hydroxyl groups is 1. The van der Waals surface area contributed by atoms with Crippen molar-refractivity contribution in [1.82, 2.24) is 5.32 Å². The Bertz CT molecular complexity index is 393. The van der Waals surface area contributed by atoms with E-state index in [1.54, 1.807) is 12.1 Å². The minimum atomic E-state index is -0.695. The third-order valence-electron chi connectivity index (χ3n) is 3.50. The van der Waals surface area contributed by atoms with Gasteiger partial charge in [0.1, 0.15) is 5.82 Å². The van der Waals surface area contributed by atoms with Crippen molar-refractivity contribution in [2.24, 2.45) is 0 Å². The fourth-order valence-corrected chi connectivity index (χ4v) is 1.86. The largest absolute Gasteiger partial charge is 0.389 e. The Morgan fingerprint density at radius 1 is 1.39 bits per heavy atom. The molecule has 0 bridgehead atoms. The maximum Gasteiger partial charge on any atom is 0.142 e. The van der Waals surface area contributed by atoms with Crippen molar-refractivity contribution in [1.29, 1.82) is 0 Å². The summed E-state index contributed by atoms with van der Waals surface area (Å²) >= 11 is 5.64. The van der Waals surface area contributed by atoms with Crippen LogP contribution in [-0.2, 0) is 0 Å². The molecule has 0 saturated carbocycles. The fraction of sp³-hybridized carbons (Fsp3) is 0.571. The van der Waals surface area contributed by atoms with Crippen LogP contribution in [-0.4, -0.2) is 17.3 Å². The van der Waals surface area contributed by atoms with Gasteiger partial charge in [-0.1, -0.05) is 31.5 Å². The predicted octanol–water partition coefficient (Wildman–Crippen LogP) is 3.68. The average molecular weight is 274 g/mol. The summed E-state index contributed by atoms with van der Waals surface area (Å²) in [5.74, 6) is -0.413. The highest BCUT2D eigenvalue weighted by Gasteiger charge is 2.22. The van der Waals surface area contributed by atoms with Crippen molar-refractivity contribution < 1.29 is 9.50 Å². The molecule has 2 N–H and O–H groups in total. The molecular weight excluding hydrogens is 253 g/mol. The van der Waals surface area contributed by atoms with Crippen molar-refractivity contribution >= 4 is 11.6 Å². The first-order chi connectivity index (χ1) is 8.41. The number of rotatable bonds is 6. The molecule has 102 valence electrons. The summed E-state index contributed by atoms with van der Waals surface area (Å²) in [4.78, 5) is 0. The normalized spacial score (nSPS) is 13.7. The molecule has 18 heavy (non-hydrogen) atoms. The molecule has 0 aliphatic heterocycles. The molecule has 1 unspecified atom stereocenters. The summed E-state index contributed by atoms with van der Waals surface area (Å²) in [6, 6.07) is 4.74. The van der Waals surface area contributed by atoms with Crippen LogP contribution in [0.15, 0.2) is 18.2 Å². The van der Waals surface area contributed by atoms with Crippen LogP contribution in [0.25, 0.3) is 0 Å². The first kappa shape index (κ1) is 15.4. The van der Waals surface area contributed by atoms with Gasteiger partial charge in [-0.25, -0.2) is 4.39 Å². The zero-order valence-corrected chi connectivity index (χ0v) is 11.9. The second-order valence-electron chi connectivity index (χ2n) is 4.71. The van der Waals surface area contributed by atoms with Gasteiger partial charge >= 0.3 is 0 Å². The summed E-state index contributed by atoms with van der Waals surface area (Å²) in [5.41, 5.74) is 0.130. The molecule has 1 aromatic carbocycles. The van der Waals surface area contributed by atoms with Crippen LogP contribution in [0.2, 0.25) is 5.02 Å². The standard InChI is InChI=1S/C14H21ClFNO/c1-4-14(18,5-2)9-17-10(3)11-6-7-12(15)13(16)8-11/h6-8,10,17-18H,4-5,9H2,1-3H3. The highest BCUT2D eigenvalue weighted by molar-refractivity contribution is 6.30. The van der Waals surface area contributed by atoms with E-state index in [0.717, 1.165) is 5.56 Å². The van der Waals surface area contributed by atoms with Gasteiger partial charge in [-0.3, -0.25) is 0 Å². The topological polar surface area (TPSA) is 32.3 Å². The number of nitrogens with one attached hydrogen (secondary N) is 1. The second kappa shape index (κ2) is 6.50. The first-order valence-electron chi connectivity index (χ1n) is 6.32. The van der Waals surface area contributed by atoms with Gasteiger partial charge in [0.2, 0.25) is 0 Å². The monoisotopic (exact) mass is 273 g/mol. The van der Waals surface area contributed by atoms with E-state index in [4.69, 9.17) is 11.6 Å². The third kappa shape index (κ3) is 3.94. The molecular formula is C14H21ClFNO. The van der Waals surface area contributed by atoms with Gasteiger partial charge in [0, 0.05) is 12.6 Å². The summed E-state index contributed by atoms with van der Waals surface area (Å²) in [6.45, 7) is 6.34. The maximum absolute atomic E-state index is 13.3. The van der Waals surface area contributed by atoms with Crippen LogP contribution >= 0.6 is 11.6 Å². The quantitative estimate of drug-likeness (QED) is 0.829. The van der Waals surface area contributed by atoms with Gasteiger partial charge in [-0.2, -0.15) is 0 Å². The van der Waals surface area contributed by atoms with Crippen molar-refractivity contribution in [3.8, 4) is 0 Å². The lowest BCUT2D eigenvalue weighted by Crippen LogP contribution is -2.40. The molecule has 1 rings (SSSR count). The minimum absolute atomic E-state index is 0.0265. The first-order valence-corrected chi connectivity index (χ1v) is 6.70. The third-order valence-corrected chi connectivity index (χ3v) is 3.80. The van der Waals surface area contributed by atoms with Crippen LogP contribution < -0.4 is 5.32 Å². The molecule has 0 amide bonds. The summed E-state index contributed by atoms with van der Waals surface area (Å²) in [5, 5.41) is 13.5. The van der Waals surface area contributed by atoms with Crippen LogP contribution in [0.3, 0.4) is 0 Å². The zero-order chi connectivity index (χ0) is 13.8. The van der Waals surface area contributed by atoms with Crippen LogP contribution in [0, 0.1) is 5.82 Å². The van der Waals surface area contributed by atoms with Crippen molar-refractivity contribution in [3.63, 3.8) is 0 Å². The van der Waals surface area contributed by atoms with Gasteiger partial charge in [0.25, 0.3) is 0 Å². The Morgan fingerprint density at radius 3 is 2.50 bits per heavy atom. The van der Waals surface area contributed by atoms with E-state index >= 15 is 0 Å². The summed E-state index contributed by atoms with van der Waals surface area (Å²) < 4.78 is 13.3. The van der Waals surface area contributed by atoms with E-state index in [1.807, 2.05) is 20.8 Å². The molecule has 4 heteroatoms. The smallest absolute Gasteiger partial charge is 0.142 e. The van der Waals surface area contributed by atoms with E-state index in [-0.39, 0.29) is 11.1 Å². The highest BCUT2D eigenvalue weighted by Crippen LogP contribution is 2.21. The molecule has 2 nitrogen and oxygen atoms in total. The van der Waals surface area contributed by atoms with Crippen LogP contribution in [0.5, 0.6) is 0 Å². The Balaban J connectivity index is 2.65. The maximum atomic E-state index is 13.3. The lowest BCUT2D eigenvalue weighted by molar-refractivity contribution is 0.0303. The SMILES string of the molecule is CCC(O)(CC)CNC(C)c1ccc(Cl)c(F)c1. The summed E-state index contributed by atoms with van der Waals surface area (Å²) in [7, 11) is 0. The predicted molar refractivity (Wildman–Crippen MR) is 73.4 cm³/mol. The number of benzene rings is 1. The van der Waals surface area contributed by atoms with E-state index in [2.05, 4.69) is 5.32 Å². The van der Waals surface area contributed by atoms with Gasteiger partial charge in [-0.05, 0) is 37.5 Å². The molecule has 0 aliphatic rings. The Morgan fingerprint density at radius 2 is 2.00 bits per heavy atom. The molecule has 0 aromatic heterocycles. The van der Waals surface area contributed by atoms with E-state index in [0.29, 0.717) is 19.4 Å². The number of hydrogen-bond donors (Lipinski definition) is 2. The minimum Gasteiger partial charge on any atom is -0.389 e. The Labute approximate surface area is 113 Å². The highest BCUT2D eigenvalue weighted by atomic mass is 35.5. The van der Waals surface area contributed by atoms with Gasteiger partial charge in [0.05, 0.1) is 10.6 Å². The Hall–Kier alpha value is -0.640. The van der Waals surface area contributed by atoms with Crippen molar-refractivity contribution in [2.75, 3.05) is 6.54 Å². The Kier molecular flexibility index (Phi) is 5.57. The molecule has 0 fully saturated rings. The average Bonchev–Trinajstić information content (AvgIpc) is 2.38. The van der Waals surface area contributed by atoms with Crippen molar-refractivity contribution in [2.45, 2.75) is 45.3 Å². The number of hydrogen-bond acceptors (Lipinski definition) is 2. The van der Waals surface area contributed by atoms with Crippen LogP contribution in [0.1, 0.15) is 45.2 Å². The van der Waals surface area contributed by atoms with E-state index < -0.39 is 11.4 Å². The lowest BCUT2D eigenvalue weighted by atomic mass is 9.96. The van der Waals surface area contributed by atoms with Gasteiger partial charge in [0.15, 0.2) is 0 Å². The number of halogens is 2. The van der Waals surface area contributed by atoms with Gasteiger partial charge < -0.3 is 10.4 Å². The van der Waals surface area contributed by atoms with Gasteiger partial charge in [-0.15, -0.1) is 0 Å². The molecule has 0 spiro atoms. The second-order valence-corrected chi connectivity index (χ2v) is 5.11. The van der Waals surface area contributed by atoms with E-state index in [1.165, 1.54) is 6.07 Å². The molecule has 0 saturated heterocycles. The lowest BCUT2D eigenvalue weighted by Gasteiger charge is -2.27. The zero-order valence-electron chi connectivity index (χ0n) is 11.1. The fourth-order valence-electron chi connectivity index (χ4n) is 1.74. The molecule has 1 atom stereocenters. The molecule has 0 radical (unpaired) electrons. The molecule has 1 aromatic rings. The summed E-state index contributed by atoms with van der Waals surface area (Å²) in [6.07, 6.45) is 1.39. The van der Waals surface area contributed by atoms with E-state index in [9.17, 15) is 9.50 Å². The molecule has 0 heterocycles.